The second-order valence-electron chi connectivity index (χ2n) is 5.39. The van der Waals surface area contributed by atoms with Crippen LogP contribution in [0, 0.1) is 5.92 Å². The Labute approximate surface area is 131 Å². The van der Waals surface area contributed by atoms with E-state index < -0.39 is 0 Å². The number of aromatic nitrogens is 3. The number of rotatable bonds is 6. The Balaban J connectivity index is 2.02. The third-order valence-corrected chi connectivity index (χ3v) is 4.20. The van der Waals surface area contributed by atoms with E-state index in [4.69, 9.17) is 11.6 Å². The minimum atomic E-state index is -0.231. The highest BCUT2D eigenvalue weighted by molar-refractivity contribution is 6.28. The molecule has 1 aliphatic rings. The maximum atomic E-state index is 9.99. The van der Waals surface area contributed by atoms with Crippen LogP contribution >= 0.6 is 11.6 Å². The molecule has 0 aliphatic heterocycles. The molecule has 2 atom stereocenters. The lowest BCUT2D eigenvalue weighted by Crippen LogP contribution is -2.31. The zero-order valence-electron chi connectivity index (χ0n) is 12.7. The maximum absolute atomic E-state index is 9.99. The van der Waals surface area contributed by atoms with Crippen LogP contribution < -0.4 is 10.2 Å². The molecule has 6 nitrogen and oxygen atoms in total. The lowest BCUT2D eigenvalue weighted by molar-refractivity contribution is 0.0762. The number of hydrogen-bond acceptors (Lipinski definition) is 6. The average Bonchev–Trinajstić information content (AvgIpc) is 2.47. The van der Waals surface area contributed by atoms with Crippen molar-refractivity contribution in [3.05, 3.63) is 5.28 Å². The van der Waals surface area contributed by atoms with E-state index in [0.717, 1.165) is 32.4 Å². The molecule has 118 valence electrons. The Bertz CT molecular complexity index is 455. The van der Waals surface area contributed by atoms with Gasteiger partial charge in [0.05, 0.1) is 6.10 Å². The van der Waals surface area contributed by atoms with E-state index in [1.165, 1.54) is 6.42 Å². The molecule has 0 bridgehead atoms. The molecule has 1 aromatic rings. The van der Waals surface area contributed by atoms with Gasteiger partial charge in [0.2, 0.25) is 17.2 Å². The van der Waals surface area contributed by atoms with Crippen LogP contribution in [-0.2, 0) is 0 Å². The molecule has 1 aromatic heterocycles. The number of anilines is 2. The highest BCUT2D eigenvalue weighted by Crippen LogP contribution is 2.24. The smallest absolute Gasteiger partial charge is 0.231 e. The summed E-state index contributed by atoms with van der Waals surface area (Å²) in [6.45, 7) is 6.40. The quantitative estimate of drug-likeness (QED) is 0.839. The molecule has 0 spiro atoms. The van der Waals surface area contributed by atoms with Crippen molar-refractivity contribution in [2.24, 2.45) is 5.92 Å². The van der Waals surface area contributed by atoms with Gasteiger partial charge in [0.15, 0.2) is 0 Å². The van der Waals surface area contributed by atoms with Crippen molar-refractivity contribution in [1.82, 2.24) is 15.0 Å². The number of aliphatic hydroxyl groups is 1. The maximum Gasteiger partial charge on any atom is 0.231 e. The van der Waals surface area contributed by atoms with Crippen molar-refractivity contribution >= 4 is 23.5 Å². The van der Waals surface area contributed by atoms with Crippen LogP contribution in [0.3, 0.4) is 0 Å². The Morgan fingerprint density at radius 3 is 2.57 bits per heavy atom. The predicted molar refractivity (Wildman–Crippen MR) is 84.9 cm³/mol. The molecular formula is C14H24ClN5O. The first-order valence-corrected chi connectivity index (χ1v) is 8.10. The van der Waals surface area contributed by atoms with Crippen LogP contribution in [0.2, 0.25) is 5.28 Å². The summed E-state index contributed by atoms with van der Waals surface area (Å²) >= 11 is 5.98. The summed E-state index contributed by atoms with van der Waals surface area (Å²) in [5, 5.41) is 13.4. The van der Waals surface area contributed by atoms with Gasteiger partial charge in [-0.1, -0.05) is 12.8 Å². The van der Waals surface area contributed by atoms with Gasteiger partial charge in [-0.25, -0.2) is 0 Å². The first-order chi connectivity index (χ1) is 10.1. The van der Waals surface area contributed by atoms with Crippen LogP contribution in [0.5, 0.6) is 0 Å². The minimum Gasteiger partial charge on any atom is -0.393 e. The number of halogens is 1. The van der Waals surface area contributed by atoms with Crippen LogP contribution in [0.4, 0.5) is 11.9 Å². The highest BCUT2D eigenvalue weighted by atomic mass is 35.5. The Hall–Kier alpha value is -1.14. The average molecular weight is 314 g/mol. The molecule has 0 amide bonds. The van der Waals surface area contributed by atoms with Crippen molar-refractivity contribution < 1.29 is 5.11 Å². The largest absolute Gasteiger partial charge is 0.393 e. The molecule has 1 fully saturated rings. The number of aliphatic hydroxyl groups excluding tert-OH is 1. The number of hydrogen-bond donors (Lipinski definition) is 2. The van der Waals surface area contributed by atoms with Crippen LogP contribution in [0.1, 0.15) is 39.5 Å². The molecule has 1 saturated carbocycles. The van der Waals surface area contributed by atoms with E-state index in [2.05, 4.69) is 20.3 Å². The first-order valence-electron chi connectivity index (χ1n) is 7.72. The van der Waals surface area contributed by atoms with Crippen molar-refractivity contribution in [2.45, 2.75) is 45.6 Å². The summed E-state index contributed by atoms with van der Waals surface area (Å²) in [5.74, 6) is 1.33. The molecule has 0 saturated heterocycles. The van der Waals surface area contributed by atoms with E-state index >= 15 is 0 Å². The zero-order chi connectivity index (χ0) is 15.2. The third-order valence-electron chi connectivity index (χ3n) is 4.03. The lowest BCUT2D eigenvalue weighted by Gasteiger charge is -2.27. The number of nitrogens with one attached hydrogen (secondary N) is 1. The topological polar surface area (TPSA) is 74.2 Å². The Kier molecular flexibility index (Phi) is 5.99. The van der Waals surface area contributed by atoms with Crippen molar-refractivity contribution in [3.63, 3.8) is 0 Å². The van der Waals surface area contributed by atoms with Crippen molar-refractivity contribution in [1.29, 1.82) is 0 Å². The molecule has 2 rings (SSSR count). The summed E-state index contributed by atoms with van der Waals surface area (Å²) in [5.41, 5.74) is 0. The first kappa shape index (κ1) is 16.2. The van der Waals surface area contributed by atoms with Crippen LogP contribution in [0.15, 0.2) is 0 Å². The molecule has 0 aromatic carbocycles. The fourth-order valence-corrected chi connectivity index (χ4v) is 2.87. The summed E-state index contributed by atoms with van der Waals surface area (Å²) < 4.78 is 0. The van der Waals surface area contributed by atoms with E-state index in [1.807, 2.05) is 18.7 Å². The minimum absolute atomic E-state index is 0.193. The van der Waals surface area contributed by atoms with Crippen molar-refractivity contribution in [2.75, 3.05) is 29.9 Å². The van der Waals surface area contributed by atoms with E-state index in [0.29, 0.717) is 18.4 Å². The van der Waals surface area contributed by atoms with Gasteiger partial charge >= 0.3 is 0 Å². The standard InChI is InChI=1S/C14H24ClN5O/c1-3-20(4-2)14-18-12(15)17-13(19-14)16-9-10-7-5-6-8-11(10)21/h10-11,21H,3-9H2,1-2H3,(H,16,17,18,19). The fourth-order valence-electron chi connectivity index (χ4n) is 2.72. The molecule has 1 aliphatic carbocycles. The van der Waals surface area contributed by atoms with Gasteiger partial charge in [-0.3, -0.25) is 0 Å². The normalized spacial score (nSPS) is 22.1. The summed E-state index contributed by atoms with van der Waals surface area (Å²) in [6.07, 6.45) is 3.98. The van der Waals surface area contributed by atoms with Crippen LogP contribution in [-0.4, -0.2) is 45.8 Å². The van der Waals surface area contributed by atoms with E-state index in [-0.39, 0.29) is 17.3 Å². The monoisotopic (exact) mass is 313 g/mol. The van der Waals surface area contributed by atoms with E-state index in [1.54, 1.807) is 0 Å². The Morgan fingerprint density at radius 1 is 1.19 bits per heavy atom. The highest BCUT2D eigenvalue weighted by Gasteiger charge is 2.23. The van der Waals surface area contributed by atoms with Gasteiger partial charge in [-0.05, 0) is 38.3 Å². The van der Waals surface area contributed by atoms with E-state index in [9.17, 15) is 5.11 Å². The van der Waals surface area contributed by atoms with Crippen LogP contribution in [0.25, 0.3) is 0 Å². The second kappa shape index (κ2) is 7.75. The SMILES string of the molecule is CCN(CC)c1nc(Cl)nc(NCC2CCCCC2O)n1. The predicted octanol–water partition coefficient (Wildman–Crippen LogP) is 2.33. The molecule has 7 heteroatoms. The molecule has 2 N–H and O–H groups in total. The summed E-state index contributed by atoms with van der Waals surface area (Å²) in [7, 11) is 0. The number of nitrogens with zero attached hydrogens (tertiary/aromatic N) is 4. The second-order valence-corrected chi connectivity index (χ2v) is 5.73. The lowest BCUT2D eigenvalue weighted by atomic mass is 9.86. The van der Waals surface area contributed by atoms with Gasteiger partial charge in [0.25, 0.3) is 0 Å². The van der Waals surface area contributed by atoms with Gasteiger partial charge in [-0.15, -0.1) is 0 Å². The van der Waals surface area contributed by atoms with Gasteiger partial charge in [-0.2, -0.15) is 15.0 Å². The zero-order valence-corrected chi connectivity index (χ0v) is 13.5. The van der Waals surface area contributed by atoms with Gasteiger partial charge in [0, 0.05) is 25.6 Å². The third kappa shape index (κ3) is 4.41. The van der Waals surface area contributed by atoms with Crippen molar-refractivity contribution in [3.8, 4) is 0 Å². The summed E-state index contributed by atoms with van der Waals surface area (Å²) in [6, 6.07) is 0. The molecular weight excluding hydrogens is 290 g/mol. The molecule has 0 radical (unpaired) electrons. The molecule has 21 heavy (non-hydrogen) atoms. The van der Waals surface area contributed by atoms with Gasteiger partial charge in [0.1, 0.15) is 0 Å². The van der Waals surface area contributed by atoms with Gasteiger partial charge < -0.3 is 15.3 Å². The fraction of sp³-hybridized carbons (Fsp3) is 0.786. The Morgan fingerprint density at radius 2 is 1.90 bits per heavy atom. The summed E-state index contributed by atoms with van der Waals surface area (Å²) in [4.78, 5) is 14.7. The molecule has 2 unspecified atom stereocenters. The molecule has 1 heterocycles.